The molecule has 3 aromatic rings. The number of benzene rings is 3. The fraction of sp³-hybridized carbons (Fsp3) is 0.459. The van der Waals surface area contributed by atoms with Crippen LogP contribution in [0.4, 0.5) is 8.78 Å². The maximum Gasteiger partial charge on any atom is 0.301 e. The number of carbonyl (C=O) groups is 2. The molecule has 0 spiro atoms. The van der Waals surface area contributed by atoms with Gasteiger partial charge in [0.05, 0.1) is 6.61 Å². The van der Waals surface area contributed by atoms with Gasteiger partial charge in [-0.3, -0.25) is 9.59 Å². The highest BCUT2D eigenvalue weighted by molar-refractivity contribution is 6.30. The summed E-state index contributed by atoms with van der Waals surface area (Å²) in [5.74, 6) is -4.71. The molecule has 1 saturated carbocycles. The summed E-state index contributed by atoms with van der Waals surface area (Å²) < 4.78 is 38.3. The van der Waals surface area contributed by atoms with Crippen LogP contribution in [0.3, 0.4) is 0 Å². The molecule has 1 aliphatic heterocycles. The number of nitrogens with two attached hydrogens (primary N) is 1. The number of ether oxygens (including phenoxy) is 1. The van der Waals surface area contributed by atoms with Crippen LogP contribution in [0.5, 0.6) is 5.75 Å². The van der Waals surface area contributed by atoms with Crippen molar-refractivity contribution in [3.8, 4) is 16.9 Å². The fourth-order valence-electron chi connectivity index (χ4n) is 5.99. The molecular weight excluding hydrogens is 624 g/mol. The Bertz CT molecular complexity index is 1420. The van der Waals surface area contributed by atoms with Crippen LogP contribution in [0.25, 0.3) is 11.1 Å². The van der Waals surface area contributed by atoms with Gasteiger partial charge in [0, 0.05) is 29.7 Å². The molecule has 5 rings (SSSR count). The van der Waals surface area contributed by atoms with Crippen molar-refractivity contribution < 1.29 is 28.2 Å². The summed E-state index contributed by atoms with van der Waals surface area (Å²) in [5, 5.41) is 13.6. The molecule has 1 saturated heterocycles. The van der Waals surface area contributed by atoms with Crippen molar-refractivity contribution >= 4 is 23.4 Å². The summed E-state index contributed by atoms with van der Waals surface area (Å²) in [6.45, 7) is 5.00. The number of hydrogen-bond donors (Lipinski definition) is 3. The third kappa shape index (κ3) is 9.52. The zero-order valence-electron chi connectivity index (χ0n) is 27.1. The largest absolute Gasteiger partial charge is 0.493 e. The van der Waals surface area contributed by atoms with Gasteiger partial charge in [-0.25, -0.2) is 0 Å². The number of likely N-dealkylation sites (tertiary alicyclic amines) is 1. The molecule has 2 amide bonds. The van der Waals surface area contributed by atoms with Crippen LogP contribution in [-0.4, -0.2) is 53.6 Å². The Morgan fingerprint density at radius 1 is 0.915 bits per heavy atom. The molecule has 2 atom stereocenters. The predicted octanol–water partition coefficient (Wildman–Crippen LogP) is 7.25. The van der Waals surface area contributed by atoms with E-state index in [2.05, 4.69) is 5.32 Å². The molecule has 4 N–H and O–H groups in total. The van der Waals surface area contributed by atoms with E-state index >= 15 is 8.78 Å². The van der Waals surface area contributed by atoms with Crippen molar-refractivity contribution in [3.05, 3.63) is 88.9 Å². The van der Waals surface area contributed by atoms with E-state index in [1.165, 1.54) is 60.6 Å². The minimum atomic E-state index is -3.79. The van der Waals surface area contributed by atoms with Gasteiger partial charge in [0.25, 0.3) is 11.8 Å². The summed E-state index contributed by atoms with van der Waals surface area (Å²) in [6, 6.07) is 16.5. The Morgan fingerprint density at radius 2 is 1.47 bits per heavy atom. The summed E-state index contributed by atoms with van der Waals surface area (Å²) in [4.78, 5) is 28.1. The van der Waals surface area contributed by atoms with E-state index in [9.17, 15) is 14.7 Å². The van der Waals surface area contributed by atoms with E-state index in [0.717, 1.165) is 18.4 Å². The Kier molecular flexibility index (Phi) is 13.2. The summed E-state index contributed by atoms with van der Waals surface area (Å²) >= 11 is 5.97. The van der Waals surface area contributed by atoms with Crippen LogP contribution in [0, 0.1) is 5.92 Å². The highest BCUT2D eigenvalue weighted by atomic mass is 35.5. The maximum absolute atomic E-state index is 16.2. The molecule has 10 heteroatoms. The number of aliphatic hydroxyl groups excluding tert-OH is 1. The van der Waals surface area contributed by atoms with Crippen molar-refractivity contribution in [1.29, 1.82) is 0 Å². The van der Waals surface area contributed by atoms with Gasteiger partial charge in [-0.05, 0) is 72.6 Å². The van der Waals surface area contributed by atoms with Crippen molar-refractivity contribution in [2.24, 2.45) is 11.7 Å². The number of halogens is 3. The van der Waals surface area contributed by atoms with Crippen LogP contribution < -0.4 is 15.8 Å². The molecule has 0 aromatic heterocycles. The first-order chi connectivity index (χ1) is 22.6. The summed E-state index contributed by atoms with van der Waals surface area (Å²) in [7, 11) is 0. The third-order valence-corrected chi connectivity index (χ3v) is 9.10. The van der Waals surface area contributed by atoms with Gasteiger partial charge in [0.2, 0.25) is 0 Å². The lowest BCUT2D eigenvalue weighted by Gasteiger charge is -2.36. The number of carbonyl (C=O) groups excluding carboxylic acids is 2. The smallest absolute Gasteiger partial charge is 0.301 e. The number of hydrogen-bond acceptors (Lipinski definition) is 5. The number of nitrogens with zero attached hydrogens (tertiary/aromatic N) is 1. The van der Waals surface area contributed by atoms with Gasteiger partial charge in [0.15, 0.2) is 12.1 Å². The van der Waals surface area contributed by atoms with Crippen LogP contribution in [0.1, 0.15) is 76.0 Å². The standard InChI is InChI=1S/C35H40ClF2N3O4.C2H6/c36-28-14-8-25(9-15-28)24-6-12-27(13-7-24)35(37,38)32(34(44)41-20-18-29(39)19-21-41)40-33(43)31(42)26-10-16-30(17-11-26)45-22-23-4-2-1-3-5-23;1-2/h6-17,23,29,31-32,42H,1-5,18-22,39H2,(H,40,43);1-2H3. The topological polar surface area (TPSA) is 105 Å². The minimum absolute atomic E-state index is 0.126. The Hall–Kier alpha value is -3.53. The Balaban J connectivity index is 0.00000245. The first kappa shape index (κ1) is 36.3. The zero-order valence-corrected chi connectivity index (χ0v) is 27.9. The van der Waals surface area contributed by atoms with E-state index in [1.54, 1.807) is 36.4 Å². The number of rotatable bonds is 10. The second kappa shape index (κ2) is 17.0. The van der Waals surface area contributed by atoms with E-state index < -0.39 is 35.4 Å². The second-order valence-corrected chi connectivity index (χ2v) is 12.5. The van der Waals surface area contributed by atoms with Crippen molar-refractivity contribution in [2.75, 3.05) is 19.7 Å². The lowest BCUT2D eigenvalue weighted by Crippen LogP contribution is -2.58. The molecule has 2 fully saturated rings. The van der Waals surface area contributed by atoms with Gasteiger partial charge >= 0.3 is 5.92 Å². The molecule has 1 aliphatic carbocycles. The van der Waals surface area contributed by atoms with Crippen molar-refractivity contribution in [1.82, 2.24) is 10.2 Å². The molecule has 254 valence electrons. The van der Waals surface area contributed by atoms with E-state index in [1.807, 2.05) is 13.8 Å². The number of nitrogens with one attached hydrogen (secondary N) is 1. The van der Waals surface area contributed by atoms with Crippen LogP contribution >= 0.6 is 11.6 Å². The normalized spacial score (nSPS) is 17.2. The van der Waals surface area contributed by atoms with Gasteiger partial charge in [-0.2, -0.15) is 8.78 Å². The molecule has 47 heavy (non-hydrogen) atoms. The van der Waals surface area contributed by atoms with E-state index in [4.69, 9.17) is 22.1 Å². The lowest BCUT2D eigenvalue weighted by atomic mass is 9.90. The van der Waals surface area contributed by atoms with E-state index in [0.29, 0.717) is 41.7 Å². The molecule has 2 unspecified atom stereocenters. The van der Waals surface area contributed by atoms with Gasteiger partial charge in [0.1, 0.15) is 5.75 Å². The van der Waals surface area contributed by atoms with Gasteiger partial charge in [-0.15, -0.1) is 0 Å². The highest BCUT2D eigenvalue weighted by Gasteiger charge is 2.49. The zero-order chi connectivity index (χ0) is 34.0. The number of piperidine rings is 1. The van der Waals surface area contributed by atoms with Crippen molar-refractivity contribution in [3.63, 3.8) is 0 Å². The number of alkyl halides is 2. The first-order valence-electron chi connectivity index (χ1n) is 16.6. The molecule has 2 aliphatic rings. The summed E-state index contributed by atoms with van der Waals surface area (Å²) in [6.07, 6.45) is 5.10. The summed E-state index contributed by atoms with van der Waals surface area (Å²) in [5.41, 5.74) is 7.19. The number of aliphatic hydroxyl groups is 1. The second-order valence-electron chi connectivity index (χ2n) is 12.1. The molecule has 0 radical (unpaired) electrons. The SMILES string of the molecule is CC.NC1CCN(C(=O)C(NC(=O)C(O)c2ccc(OCC3CCCCC3)cc2)C(F)(F)c2ccc(-c3ccc(Cl)cc3)cc2)CC1. The van der Waals surface area contributed by atoms with Crippen LogP contribution in [-0.2, 0) is 15.5 Å². The molecule has 3 aromatic carbocycles. The van der Waals surface area contributed by atoms with Crippen LogP contribution in [0.2, 0.25) is 5.02 Å². The monoisotopic (exact) mass is 669 g/mol. The molecule has 7 nitrogen and oxygen atoms in total. The molecule has 0 bridgehead atoms. The Morgan fingerprint density at radius 3 is 2.04 bits per heavy atom. The van der Waals surface area contributed by atoms with Gasteiger partial charge < -0.3 is 25.8 Å². The van der Waals surface area contributed by atoms with E-state index in [-0.39, 0.29) is 24.7 Å². The van der Waals surface area contributed by atoms with Crippen LogP contribution in [0.15, 0.2) is 72.8 Å². The van der Waals surface area contributed by atoms with Gasteiger partial charge in [-0.1, -0.05) is 93.2 Å². The average Bonchev–Trinajstić information content (AvgIpc) is 3.11. The minimum Gasteiger partial charge on any atom is -0.493 e. The number of amides is 2. The van der Waals surface area contributed by atoms with Crippen molar-refractivity contribution in [2.45, 2.75) is 82.9 Å². The molecule has 1 heterocycles. The Labute approximate surface area is 281 Å². The average molecular weight is 670 g/mol. The third-order valence-electron chi connectivity index (χ3n) is 8.85. The fourth-order valence-corrected chi connectivity index (χ4v) is 6.12. The predicted molar refractivity (Wildman–Crippen MR) is 181 cm³/mol. The molecular formula is C37H46ClF2N3O4. The maximum atomic E-state index is 16.2. The first-order valence-corrected chi connectivity index (χ1v) is 17.0. The highest BCUT2D eigenvalue weighted by Crippen LogP contribution is 2.35. The lowest BCUT2D eigenvalue weighted by molar-refractivity contribution is -0.152. The quantitative estimate of drug-likeness (QED) is 0.211.